The van der Waals surface area contributed by atoms with Crippen molar-refractivity contribution in [2.75, 3.05) is 12.4 Å². The molecule has 27 heavy (non-hydrogen) atoms. The second-order valence-electron chi connectivity index (χ2n) is 7.11. The number of rotatable bonds is 4. The molecular weight excluding hydrogens is 382 g/mol. The predicted molar refractivity (Wildman–Crippen MR) is 107 cm³/mol. The van der Waals surface area contributed by atoms with Gasteiger partial charge in [0.05, 0.1) is 34.8 Å². The fraction of sp³-hybridized carbons (Fsp3) is 0.474. The Balaban J connectivity index is 1.85. The first-order valence-electron chi connectivity index (χ1n) is 8.87. The van der Waals surface area contributed by atoms with Crippen molar-refractivity contribution in [3.63, 3.8) is 0 Å². The Hall–Kier alpha value is -1.77. The summed E-state index contributed by atoms with van der Waals surface area (Å²) in [4.78, 5) is 26.5. The Kier molecular flexibility index (Phi) is 4.82. The van der Waals surface area contributed by atoms with Gasteiger partial charge in [0.1, 0.15) is 16.2 Å². The molecule has 0 atom stereocenters. The maximum absolute atomic E-state index is 11.7. The van der Waals surface area contributed by atoms with E-state index in [1.807, 2.05) is 6.92 Å². The molecular formula is C19H21N3O3S2. The lowest BCUT2D eigenvalue weighted by Crippen LogP contribution is -2.32. The molecule has 0 saturated carbocycles. The highest BCUT2D eigenvalue weighted by Gasteiger charge is 2.31. The van der Waals surface area contributed by atoms with E-state index in [0.29, 0.717) is 13.2 Å². The number of hydrogen-bond acceptors (Lipinski definition) is 8. The quantitative estimate of drug-likeness (QED) is 0.369. The van der Waals surface area contributed by atoms with Gasteiger partial charge in [0.15, 0.2) is 0 Å². The molecule has 3 aromatic heterocycles. The number of pyridine rings is 1. The maximum Gasteiger partial charge on any atom is 0.316 e. The van der Waals surface area contributed by atoms with Gasteiger partial charge in [0, 0.05) is 23.1 Å². The summed E-state index contributed by atoms with van der Waals surface area (Å²) in [6.45, 7) is 9.02. The molecule has 0 N–H and O–H groups in total. The van der Waals surface area contributed by atoms with Gasteiger partial charge in [0.25, 0.3) is 0 Å². The fourth-order valence-electron chi connectivity index (χ4n) is 3.38. The number of thiophene rings is 1. The number of carbonyl (C=O) groups is 1. The Morgan fingerprint density at radius 3 is 2.96 bits per heavy atom. The van der Waals surface area contributed by atoms with Crippen LogP contribution in [-0.4, -0.2) is 38.9 Å². The van der Waals surface area contributed by atoms with Crippen LogP contribution in [0.4, 0.5) is 0 Å². The van der Waals surface area contributed by atoms with Gasteiger partial charge in [-0.1, -0.05) is 11.8 Å². The van der Waals surface area contributed by atoms with E-state index in [1.165, 1.54) is 22.9 Å². The van der Waals surface area contributed by atoms with Gasteiger partial charge in [-0.05, 0) is 33.3 Å². The number of hydrogen-bond donors (Lipinski definition) is 0. The molecule has 0 bridgehead atoms. The van der Waals surface area contributed by atoms with Gasteiger partial charge in [-0.3, -0.25) is 4.79 Å². The van der Waals surface area contributed by atoms with Crippen LogP contribution in [0.15, 0.2) is 11.4 Å². The van der Waals surface area contributed by atoms with Crippen molar-refractivity contribution in [1.29, 1.82) is 0 Å². The van der Waals surface area contributed by atoms with Crippen LogP contribution in [0, 0.1) is 6.92 Å². The predicted octanol–water partition coefficient (Wildman–Crippen LogP) is 4.05. The lowest BCUT2D eigenvalue weighted by Gasteiger charge is -2.32. The van der Waals surface area contributed by atoms with Crippen molar-refractivity contribution in [2.45, 2.75) is 51.3 Å². The van der Waals surface area contributed by atoms with Crippen molar-refractivity contribution in [3.05, 3.63) is 23.1 Å². The molecule has 1 aliphatic heterocycles. The zero-order valence-corrected chi connectivity index (χ0v) is 17.4. The van der Waals surface area contributed by atoms with Crippen molar-refractivity contribution < 1.29 is 14.3 Å². The highest BCUT2D eigenvalue weighted by atomic mass is 32.2. The molecule has 8 heteroatoms. The van der Waals surface area contributed by atoms with Crippen molar-refractivity contribution >= 4 is 49.5 Å². The van der Waals surface area contributed by atoms with E-state index in [2.05, 4.69) is 23.8 Å². The van der Waals surface area contributed by atoms with E-state index in [9.17, 15) is 4.79 Å². The number of fused-ring (bicyclic) bond motifs is 5. The average Bonchev–Trinajstić information content (AvgIpc) is 2.98. The minimum absolute atomic E-state index is 0.212. The molecule has 4 rings (SSSR count). The second kappa shape index (κ2) is 7.00. The largest absolute Gasteiger partial charge is 0.465 e. The number of esters is 1. The number of nitrogens with zero attached hydrogens (tertiary/aromatic N) is 3. The lowest BCUT2D eigenvalue weighted by atomic mass is 9.89. The van der Waals surface area contributed by atoms with E-state index >= 15 is 0 Å². The molecule has 0 aromatic carbocycles. The highest BCUT2D eigenvalue weighted by molar-refractivity contribution is 8.00. The molecule has 4 heterocycles. The van der Waals surface area contributed by atoms with Crippen LogP contribution in [0.1, 0.15) is 37.6 Å². The third-order valence-corrected chi connectivity index (χ3v) is 6.81. The zero-order valence-electron chi connectivity index (χ0n) is 15.8. The Labute approximate surface area is 165 Å². The molecule has 3 aromatic rings. The number of ether oxygens (including phenoxy) is 2. The van der Waals surface area contributed by atoms with Crippen molar-refractivity contribution in [2.24, 2.45) is 0 Å². The van der Waals surface area contributed by atoms with Gasteiger partial charge in [-0.25, -0.2) is 15.0 Å². The molecule has 6 nitrogen and oxygen atoms in total. The van der Waals surface area contributed by atoms with Crippen molar-refractivity contribution in [3.8, 4) is 0 Å². The minimum Gasteiger partial charge on any atom is -0.465 e. The topological polar surface area (TPSA) is 74.2 Å². The van der Waals surface area contributed by atoms with Crippen molar-refractivity contribution in [1.82, 2.24) is 15.0 Å². The fourth-order valence-corrected chi connectivity index (χ4v) is 5.46. The molecule has 0 amide bonds. The first kappa shape index (κ1) is 18.6. The van der Waals surface area contributed by atoms with Gasteiger partial charge in [-0.15, -0.1) is 11.3 Å². The number of aromatic nitrogens is 3. The van der Waals surface area contributed by atoms with Gasteiger partial charge >= 0.3 is 5.97 Å². The van der Waals surface area contributed by atoms with E-state index in [-0.39, 0.29) is 17.3 Å². The number of thioether (sulfide) groups is 1. The Morgan fingerprint density at radius 1 is 1.37 bits per heavy atom. The maximum atomic E-state index is 11.7. The van der Waals surface area contributed by atoms with Gasteiger partial charge in [-0.2, -0.15) is 0 Å². The number of carbonyl (C=O) groups excluding carboxylic acids is 1. The smallest absolute Gasteiger partial charge is 0.316 e. The summed E-state index contributed by atoms with van der Waals surface area (Å²) in [5.41, 5.74) is 4.16. The summed E-state index contributed by atoms with van der Waals surface area (Å²) in [5, 5.41) is 1.90. The molecule has 1 aliphatic rings. The molecule has 0 unspecified atom stereocenters. The van der Waals surface area contributed by atoms with Crippen LogP contribution in [0.5, 0.6) is 0 Å². The number of aryl methyl sites for hydroxylation is 1. The van der Waals surface area contributed by atoms with Crippen LogP contribution in [0.2, 0.25) is 0 Å². The third kappa shape index (κ3) is 3.41. The van der Waals surface area contributed by atoms with Crippen LogP contribution >= 0.6 is 23.1 Å². The molecule has 142 valence electrons. The minimum atomic E-state index is -0.236. The monoisotopic (exact) mass is 403 g/mol. The third-order valence-electron chi connectivity index (χ3n) is 4.63. The molecule has 0 spiro atoms. The van der Waals surface area contributed by atoms with E-state index < -0.39 is 0 Å². The first-order chi connectivity index (χ1) is 12.9. The normalized spacial score (nSPS) is 15.9. The summed E-state index contributed by atoms with van der Waals surface area (Å²) in [7, 11) is 0. The average molecular weight is 404 g/mol. The Morgan fingerprint density at radius 2 is 2.19 bits per heavy atom. The lowest BCUT2D eigenvalue weighted by molar-refractivity contribution is -0.139. The first-order valence-corrected chi connectivity index (χ1v) is 10.7. The van der Waals surface area contributed by atoms with E-state index in [4.69, 9.17) is 14.5 Å². The second-order valence-corrected chi connectivity index (χ2v) is 9.08. The van der Waals surface area contributed by atoms with Crippen LogP contribution in [0.3, 0.4) is 0 Å². The zero-order chi connectivity index (χ0) is 19.2. The molecule has 0 fully saturated rings. The van der Waals surface area contributed by atoms with Crippen LogP contribution in [0.25, 0.3) is 20.4 Å². The summed E-state index contributed by atoms with van der Waals surface area (Å²) in [6.07, 6.45) is 2.39. The van der Waals surface area contributed by atoms with Gasteiger partial charge in [0.2, 0.25) is 0 Å². The van der Waals surface area contributed by atoms with Crippen LogP contribution in [-0.2, 0) is 27.3 Å². The van der Waals surface area contributed by atoms with E-state index in [1.54, 1.807) is 24.6 Å². The molecule has 0 saturated heterocycles. The Bertz CT molecular complexity index is 1050. The molecule has 0 aliphatic carbocycles. The SMILES string of the molecule is CCOC(=O)CSc1ncnc2c1sc1nc(C)c3c(c12)CC(C)(C)OC3. The van der Waals surface area contributed by atoms with Crippen LogP contribution < -0.4 is 0 Å². The summed E-state index contributed by atoms with van der Waals surface area (Å²) in [5.74, 6) is 0.000211. The van der Waals surface area contributed by atoms with E-state index in [0.717, 1.165) is 37.6 Å². The molecule has 0 radical (unpaired) electrons. The summed E-state index contributed by atoms with van der Waals surface area (Å²) >= 11 is 2.98. The summed E-state index contributed by atoms with van der Waals surface area (Å²) < 4.78 is 12.0. The van der Waals surface area contributed by atoms with Gasteiger partial charge < -0.3 is 9.47 Å². The highest BCUT2D eigenvalue weighted by Crippen LogP contribution is 2.42. The standard InChI is InChI=1S/C19H21N3O3S2/c1-5-24-13(23)8-26-18-16-15(20-9-21-18)14-11-6-19(3,4)25-7-12(11)10(2)22-17(14)27-16/h9H,5-8H2,1-4H3. The summed E-state index contributed by atoms with van der Waals surface area (Å²) in [6, 6.07) is 0.